The van der Waals surface area contributed by atoms with Crippen molar-refractivity contribution in [1.29, 1.82) is 0 Å². The summed E-state index contributed by atoms with van der Waals surface area (Å²) in [7, 11) is 0. The number of aryl methyl sites for hydroxylation is 1. The zero-order valence-corrected chi connectivity index (χ0v) is 13.0. The van der Waals surface area contributed by atoms with Crippen LogP contribution in [0.5, 0.6) is 5.75 Å². The number of thiophene rings is 1. The van der Waals surface area contributed by atoms with Crippen molar-refractivity contribution in [1.82, 2.24) is 9.97 Å². The Hall–Kier alpha value is -3.27. The summed E-state index contributed by atoms with van der Waals surface area (Å²) in [5.74, 6) is -1.00. The number of non-ortho nitro benzene ring substituents is 1. The summed E-state index contributed by atoms with van der Waals surface area (Å²) in [5, 5.41) is 33.3. The normalized spacial score (nSPS) is 10.7. The van der Waals surface area contributed by atoms with Gasteiger partial charge < -0.3 is 15.5 Å². The summed E-state index contributed by atoms with van der Waals surface area (Å²) in [6.45, 7) is 1.63. The number of fused-ring (bicyclic) bond motifs is 1. The van der Waals surface area contributed by atoms with E-state index in [4.69, 9.17) is 0 Å². The molecule has 3 rings (SSSR count). The van der Waals surface area contributed by atoms with E-state index in [2.05, 4.69) is 15.3 Å². The summed E-state index contributed by atoms with van der Waals surface area (Å²) < 4.78 is 0. The molecule has 0 saturated heterocycles. The Morgan fingerprint density at radius 2 is 2.12 bits per heavy atom. The summed E-state index contributed by atoms with van der Waals surface area (Å²) >= 11 is 1.01. The number of carboxylic acids is 1. The molecule has 0 amide bonds. The zero-order chi connectivity index (χ0) is 17.4. The monoisotopic (exact) mass is 346 g/mol. The Morgan fingerprint density at radius 3 is 2.79 bits per heavy atom. The lowest BCUT2D eigenvalue weighted by atomic mass is 10.2. The van der Waals surface area contributed by atoms with Crippen molar-refractivity contribution in [3.05, 3.63) is 45.1 Å². The molecule has 10 heteroatoms. The summed E-state index contributed by atoms with van der Waals surface area (Å²) in [4.78, 5) is 30.3. The number of benzene rings is 1. The van der Waals surface area contributed by atoms with Crippen LogP contribution in [0.15, 0.2) is 24.5 Å². The first-order valence-electron chi connectivity index (χ1n) is 6.60. The van der Waals surface area contributed by atoms with E-state index in [1.165, 1.54) is 24.5 Å². The molecule has 0 unspecified atom stereocenters. The minimum absolute atomic E-state index is 0.0895. The fourth-order valence-corrected chi connectivity index (χ4v) is 3.22. The zero-order valence-electron chi connectivity index (χ0n) is 12.2. The first-order chi connectivity index (χ1) is 11.4. The molecule has 9 nitrogen and oxygen atoms in total. The Balaban J connectivity index is 2.13. The van der Waals surface area contributed by atoms with Crippen LogP contribution >= 0.6 is 11.3 Å². The molecule has 0 aliphatic carbocycles. The number of aromatic hydroxyl groups is 1. The molecular weight excluding hydrogens is 336 g/mol. The number of nitrogens with zero attached hydrogens (tertiary/aromatic N) is 3. The molecule has 2 aromatic heterocycles. The summed E-state index contributed by atoms with van der Waals surface area (Å²) in [6, 6.07) is 3.54. The standard InChI is InChI=1S/C14H10N4O5S/c1-6-10-12(15-5-16-13(10)24-11(6)14(20)21)17-8-4-7(18(22)23)2-3-9(8)19/h2-5,19H,1H3,(H,20,21)(H,15,16,17). The molecule has 0 aliphatic heterocycles. The van der Waals surface area contributed by atoms with Crippen molar-refractivity contribution in [2.24, 2.45) is 0 Å². The molecule has 2 heterocycles. The predicted molar refractivity (Wildman–Crippen MR) is 87.2 cm³/mol. The fourth-order valence-electron chi connectivity index (χ4n) is 2.24. The largest absolute Gasteiger partial charge is 0.506 e. The van der Waals surface area contributed by atoms with E-state index in [9.17, 15) is 25.1 Å². The molecule has 0 aliphatic rings. The van der Waals surface area contributed by atoms with Crippen LogP contribution in [0, 0.1) is 17.0 Å². The number of hydrogen-bond donors (Lipinski definition) is 3. The van der Waals surface area contributed by atoms with Gasteiger partial charge in [0.25, 0.3) is 5.69 Å². The number of hydrogen-bond acceptors (Lipinski definition) is 8. The molecule has 0 radical (unpaired) electrons. The number of rotatable bonds is 4. The topological polar surface area (TPSA) is 138 Å². The highest BCUT2D eigenvalue weighted by atomic mass is 32.1. The van der Waals surface area contributed by atoms with E-state index in [0.717, 1.165) is 11.3 Å². The number of aromatic carboxylic acids is 1. The number of anilines is 2. The van der Waals surface area contributed by atoms with Crippen molar-refractivity contribution in [2.75, 3.05) is 5.32 Å². The van der Waals surface area contributed by atoms with Gasteiger partial charge in [-0.3, -0.25) is 10.1 Å². The lowest BCUT2D eigenvalue weighted by Crippen LogP contribution is -1.98. The first kappa shape index (κ1) is 15.6. The Bertz CT molecular complexity index is 985. The van der Waals surface area contributed by atoms with Gasteiger partial charge in [-0.15, -0.1) is 11.3 Å². The molecule has 3 aromatic rings. The maximum absolute atomic E-state index is 11.3. The van der Waals surface area contributed by atoms with Gasteiger partial charge in [-0.25, -0.2) is 14.8 Å². The molecule has 122 valence electrons. The minimum Gasteiger partial charge on any atom is -0.506 e. The van der Waals surface area contributed by atoms with Gasteiger partial charge in [0.2, 0.25) is 0 Å². The van der Waals surface area contributed by atoms with Crippen molar-refractivity contribution in [2.45, 2.75) is 6.92 Å². The second-order valence-electron chi connectivity index (χ2n) is 4.85. The average molecular weight is 346 g/mol. The van der Waals surface area contributed by atoms with Crippen LogP contribution in [0.3, 0.4) is 0 Å². The number of phenolic OH excluding ortho intramolecular Hbond substituents is 1. The van der Waals surface area contributed by atoms with Crippen molar-refractivity contribution < 1.29 is 19.9 Å². The second-order valence-corrected chi connectivity index (χ2v) is 5.85. The number of carbonyl (C=O) groups is 1. The van der Waals surface area contributed by atoms with Crippen LogP contribution in [-0.4, -0.2) is 31.1 Å². The predicted octanol–water partition coefficient (Wildman–Crippen LogP) is 3.06. The van der Waals surface area contributed by atoms with Gasteiger partial charge in [0.1, 0.15) is 27.6 Å². The van der Waals surface area contributed by atoms with Crippen molar-refractivity contribution >= 4 is 44.7 Å². The highest BCUT2D eigenvalue weighted by Crippen LogP contribution is 2.36. The minimum atomic E-state index is -1.07. The average Bonchev–Trinajstić information content (AvgIpc) is 2.87. The molecule has 24 heavy (non-hydrogen) atoms. The van der Waals surface area contributed by atoms with E-state index in [0.29, 0.717) is 15.8 Å². The molecule has 0 fully saturated rings. The molecule has 0 saturated carbocycles. The lowest BCUT2D eigenvalue weighted by Gasteiger charge is -2.09. The molecule has 1 aromatic carbocycles. The van der Waals surface area contributed by atoms with Gasteiger partial charge in [0.05, 0.1) is 16.0 Å². The maximum atomic E-state index is 11.3. The van der Waals surface area contributed by atoms with E-state index < -0.39 is 10.9 Å². The second kappa shape index (κ2) is 5.74. The quantitative estimate of drug-likeness (QED) is 0.372. The summed E-state index contributed by atoms with van der Waals surface area (Å²) in [5.41, 5.74) is 0.371. The van der Waals surface area contributed by atoms with Crippen molar-refractivity contribution in [3.63, 3.8) is 0 Å². The van der Waals surface area contributed by atoms with Crippen LogP contribution in [0.4, 0.5) is 17.2 Å². The van der Waals surface area contributed by atoms with Crippen LogP contribution in [0.2, 0.25) is 0 Å². The molecular formula is C14H10N4O5S. The third kappa shape index (κ3) is 2.58. The maximum Gasteiger partial charge on any atom is 0.346 e. The fraction of sp³-hybridized carbons (Fsp3) is 0.0714. The Labute approximate surface area is 138 Å². The van der Waals surface area contributed by atoms with Gasteiger partial charge in [-0.1, -0.05) is 0 Å². The van der Waals surface area contributed by atoms with Crippen LogP contribution in [0.1, 0.15) is 15.2 Å². The van der Waals surface area contributed by atoms with Gasteiger partial charge in [-0.2, -0.15) is 0 Å². The van der Waals surface area contributed by atoms with E-state index >= 15 is 0 Å². The third-order valence-corrected chi connectivity index (χ3v) is 4.55. The van der Waals surface area contributed by atoms with Gasteiger partial charge in [0.15, 0.2) is 0 Å². The highest BCUT2D eigenvalue weighted by molar-refractivity contribution is 7.20. The smallest absolute Gasteiger partial charge is 0.346 e. The van der Waals surface area contributed by atoms with Gasteiger partial charge >= 0.3 is 5.97 Å². The number of aromatic nitrogens is 2. The highest BCUT2D eigenvalue weighted by Gasteiger charge is 2.19. The number of nitro benzene ring substituents is 1. The SMILES string of the molecule is Cc1c(C(=O)O)sc2ncnc(Nc3cc([N+](=O)[O-])ccc3O)c12. The van der Waals surface area contributed by atoms with E-state index in [1.54, 1.807) is 6.92 Å². The van der Waals surface area contributed by atoms with Crippen LogP contribution in [0.25, 0.3) is 10.2 Å². The number of nitro groups is 1. The molecule has 3 N–H and O–H groups in total. The number of phenols is 1. The van der Waals surface area contributed by atoms with E-state index in [1.807, 2.05) is 0 Å². The Kier molecular flexibility index (Phi) is 3.73. The summed E-state index contributed by atoms with van der Waals surface area (Å²) in [6.07, 6.45) is 1.25. The molecule has 0 spiro atoms. The van der Waals surface area contributed by atoms with Crippen LogP contribution < -0.4 is 5.32 Å². The Morgan fingerprint density at radius 1 is 1.38 bits per heavy atom. The van der Waals surface area contributed by atoms with Crippen LogP contribution in [-0.2, 0) is 0 Å². The number of carboxylic acid groups (broad SMARTS) is 1. The third-order valence-electron chi connectivity index (χ3n) is 3.37. The van der Waals surface area contributed by atoms with Gasteiger partial charge in [0, 0.05) is 12.1 Å². The number of nitrogens with one attached hydrogen (secondary N) is 1. The van der Waals surface area contributed by atoms with Crippen molar-refractivity contribution in [3.8, 4) is 5.75 Å². The molecule has 0 bridgehead atoms. The molecule has 0 atom stereocenters. The van der Waals surface area contributed by atoms with E-state index in [-0.39, 0.29) is 27.8 Å². The van der Waals surface area contributed by atoms with Gasteiger partial charge in [-0.05, 0) is 18.6 Å². The first-order valence-corrected chi connectivity index (χ1v) is 7.42. The lowest BCUT2D eigenvalue weighted by molar-refractivity contribution is -0.384.